The maximum absolute atomic E-state index is 12.4. The van der Waals surface area contributed by atoms with Gasteiger partial charge in [-0.2, -0.15) is 5.10 Å². The lowest BCUT2D eigenvalue weighted by atomic mass is 10.00. The fraction of sp³-hybridized carbons (Fsp3) is 0.417. The first-order valence-corrected chi connectivity index (χ1v) is 11.5. The Kier molecular flexibility index (Phi) is 10.3. The molecule has 162 valence electrons. The largest absolute Gasteiger partial charge is 0.457 e. The van der Waals surface area contributed by atoms with E-state index in [2.05, 4.69) is 33.3 Å². The van der Waals surface area contributed by atoms with Gasteiger partial charge >= 0.3 is 5.97 Å². The molecule has 30 heavy (non-hydrogen) atoms. The first kappa shape index (κ1) is 24.4. The first-order valence-electron chi connectivity index (χ1n) is 10.5. The number of ether oxygens (including phenoxy) is 1. The van der Waals surface area contributed by atoms with Gasteiger partial charge in [0.05, 0.1) is 5.71 Å². The van der Waals surface area contributed by atoms with Crippen LogP contribution in [0.5, 0.6) is 0 Å². The average molecular weight is 447 g/mol. The van der Waals surface area contributed by atoms with E-state index in [4.69, 9.17) is 16.3 Å². The number of allylic oxidation sites excluding steroid dienone is 5. The van der Waals surface area contributed by atoms with Crippen molar-refractivity contribution in [1.82, 2.24) is 5.43 Å². The molecule has 6 heteroatoms. The van der Waals surface area contributed by atoms with E-state index in [1.807, 2.05) is 43.4 Å². The van der Waals surface area contributed by atoms with Gasteiger partial charge in [-0.1, -0.05) is 61.9 Å². The Hall–Kier alpha value is -1.90. The highest BCUT2D eigenvalue weighted by Gasteiger charge is 2.21. The predicted molar refractivity (Wildman–Crippen MR) is 130 cm³/mol. The fourth-order valence-corrected chi connectivity index (χ4v) is 3.83. The Bertz CT molecular complexity index is 832. The summed E-state index contributed by atoms with van der Waals surface area (Å²) in [6.45, 7) is 7.84. The SMILES string of the molecule is C=C/C=C(\C=C/C)C1=NNC(CCCC(=O)OC(CCC)c2ccc(Cl)c(P)c2)C1. The summed E-state index contributed by atoms with van der Waals surface area (Å²) in [5.74, 6) is -0.158. The number of carbonyl (C=O) groups is 1. The average Bonchev–Trinajstić information content (AvgIpc) is 3.18. The highest BCUT2D eigenvalue weighted by molar-refractivity contribution is 7.28. The zero-order chi connectivity index (χ0) is 21.9. The standard InChI is InChI=1S/C24H32ClN2O2P/c1-4-8-17(9-5-2)21-16-19(26-27-21)11-7-12-24(28)29-22(10-6-3)18-13-14-20(25)23(30)15-18/h4-5,8-9,13-15,19,22,26H,1,6-7,10-12,16,30H2,2-3H3/b9-5-,17-8+. The molecule has 0 saturated carbocycles. The van der Waals surface area contributed by atoms with Gasteiger partial charge in [0.2, 0.25) is 0 Å². The predicted octanol–water partition coefficient (Wildman–Crippen LogP) is 5.80. The number of esters is 1. The molecule has 1 aliphatic heterocycles. The summed E-state index contributed by atoms with van der Waals surface area (Å²) < 4.78 is 5.79. The molecule has 1 aromatic rings. The molecule has 0 amide bonds. The Balaban J connectivity index is 1.82. The van der Waals surface area contributed by atoms with Gasteiger partial charge in [-0.15, -0.1) is 9.24 Å². The molecule has 3 atom stereocenters. The number of benzene rings is 1. The molecular formula is C24H32ClN2O2P. The summed E-state index contributed by atoms with van der Waals surface area (Å²) in [6.07, 6.45) is 12.1. The van der Waals surface area contributed by atoms with Gasteiger partial charge in [-0.3, -0.25) is 4.79 Å². The summed E-state index contributed by atoms with van der Waals surface area (Å²) in [7, 11) is 2.62. The van der Waals surface area contributed by atoms with E-state index >= 15 is 0 Å². The van der Waals surface area contributed by atoms with E-state index < -0.39 is 0 Å². The number of hydrogen-bond donors (Lipinski definition) is 1. The molecule has 0 radical (unpaired) electrons. The van der Waals surface area contributed by atoms with Gasteiger partial charge in [0.25, 0.3) is 0 Å². The van der Waals surface area contributed by atoms with Gasteiger partial charge < -0.3 is 10.2 Å². The minimum atomic E-state index is -0.231. The van der Waals surface area contributed by atoms with Gasteiger partial charge in [0, 0.05) is 23.9 Å². The molecule has 1 N–H and O–H groups in total. The summed E-state index contributed by atoms with van der Waals surface area (Å²) >= 11 is 6.11. The minimum Gasteiger partial charge on any atom is -0.457 e. The number of hydrogen-bond acceptors (Lipinski definition) is 4. The molecule has 1 aliphatic rings. The Morgan fingerprint density at radius 3 is 2.97 bits per heavy atom. The molecule has 2 rings (SSSR count). The molecule has 0 bridgehead atoms. The van der Waals surface area contributed by atoms with Crippen LogP contribution in [0.1, 0.15) is 64.0 Å². The zero-order valence-electron chi connectivity index (χ0n) is 17.9. The van der Waals surface area contributed by atoms with E-state index in [0.29, 0.717) is 11.4 Å². The van der Waals surface area contributed by atoms with Crippen LogP contribution in [-0.2, 0) is 9.53 Å². The number of nitrogens with one attached hydrogen (secondary N) is 1. The summed E-state index contributed by atoms with van der Waals surface area (Å²) in [4.78, 5) is 12.4. The van der Waals surface area contributed by atoms with Crippen LogP contribution in [0.2, 0.25) is 5.02 Å². The van der Waals surface area contributed by atoms with Crippen molar-refractivity contribution < 1.29 is 9.53 Å². The zero-order valence-corrected chi connectivity index (χ0v) is 19.8. The normalized spacial score (nSPS) is 17.5. The molecule has 1 aromatic carbocycles. The van der Waals surface area contributed by atoms with Crippen LogP contribution >= 0.6 is 20.8 Å². The van der Waals surface area contributed by atoms with Crippen molar-refractivity contribution in [3.8, 4) is 0 Å². The van der Waals surface area contributed by atoms with Crippen molar-refractivity contribution in [1.29, 1.82) is 0 Å². The summed E-state index contributed by atoms with van der Waals surface area (Å²) in [5.41, 5.74) is 6.27. The van der Waals surface area contributed by atoms with Crippen LogP contribution < -0.4 is 10.7 Å². The van der Waals surface area contributed by atoms with E-state index in [1.165, 1.54) is 0 Å². The molecule has 0 aromatic heterocycles. The third-order valence-electron chi connectivity index (χ3n) is 4.95. The number of halogens is 1. The Labute approximate surface area is 187 Å². The van der Waals surface area contributed by atoms with Crippen LogP contribution in [0.3, 0.4) is 0 Å². The highest BCUT2D eigenvalue weighted by Crippen LogP contribution is 2.25. The summed E-state index contributed by atoms with van der Waals surface area (Å²) in [5, 5.41) is 6.06. The third kappa shape index (κ3) is 7.41. The molecule has 0 saturated heterocycles. The number of hydrazone groups is 1. The van der Waals surface area contributed by atoms with Crippen molar-refractivity contribution in [2.45, 2.75) is 64.5 Å². The van der Waals surface area contributed by atoms with Crippen LogP contribution in [0.25, 0.3) is 0 Å². The molecule has 1 heterocycles. The van der Waals surface area contributed by atoms with Crippen molar-refractivity contribution in [3.05, 3.63) is 65.2 Å². The first-order chi connectivity index (χ1) is 14.5. The van der Waals surface area contributed by atoms with Crippen LogP contribution in [0.15, 0.2) is 59.8 Å². The second kappa shape index (κ2) is 12.7. The summed E-state index contributed by atoms with van der Waals surface area (Å²) in [6, 6.07) is 6.00. The second-order valence-electron chi connectivity index (χ2n) is 7.39. The second-order valence-corrected chi connectivity index (χ2v) is 8.42. The lowest BCUT2D eigenvalue weighted by molar-refractivity contribution is -0.150. The van der Waals surface area contributed by atoms with E-state index in [-0.39, 0.29) is 18.1 Å². The van der Waals surface area contributed by atoms with Crippen molar-refractivity contribution >= 4 is 37.8 Å². The van der Waals surface area contributed by atoms with Gasteiger partial charge in [-0.25, -0.2) is 0 Å². The Morgan fingerprint density at radius 2 is 2.30 bits per heavy atom. The molecule has 0 spiro atoms. The number of carbonyl (C=O) groups excluding carboxylic acids is 1. The third-order valence-corrected chi connectivity index (χ3v) is 5.95. The quantitative estimate of drug-likeness (QED) is 0.265. The Morgan fingerprint density at radius 1 is 1.50 bits per heavy atom. The van der Waals surface area contributed by atoms with Gasteiger partial charge in [0.15, 0.2) is 0 Å². The molecule has 0 fully saturated rings. The highest BCUT2D eigenvalue weighted by atomic mass is 35.5. The lowest BCUT2D eigenvalue weighted by Gasteiger charge is -2.19. The monoisotopic (exact) mass is 446 g/mol. The van der Waals surface area contributed by atoms with Crippen molar-refractivity contribution in [2.75, 3.05) is 0 Å². The van der Waals surface area contributed by atoms with Crippen LogP contribution in [0, 0.1) is 0 Å². The molecular weight excluding hydrogens is 415 g/mol. The van der Waals surface area contributed by atoms with E-state index in [1.54, 1.807) is 6.08 Å². The maximum atomic E-state index is 12.4. The smallest absolute Gasteiger partial charge is 0.306 e. The van der Waals surface area contributed by atoms with Gasteiger partial charge in [-0.05, 0) is 54.8 Å². The lowest BCUT2D eigenvalue weighted by Crippen LogP contribution is -2.20. The van der Waals surface area contributed by atoms with Crippen LogP contribution in [0.4, 0.5) is 0 Å². The number of nitrogens with zero attached hydrogens (tertiary/aromatic N) is 1. The topological polar surface area (TPSA) is 50.7 Å². The minimum absolute atomic E-state index is 0.158. The van der Waals surface area contributed by atoms with E-state index in [0.717, 1.165) is 54.3 Å². The van der Waals surface area contributed by atoms with E-state index in [9.17, 15) is 4.79 Å². The maximum Gasteiger partial charge on any atom is 0.306 e. The fourth-order valence-electron chi connectivity index (χ4n) is 3.43. The van der Waals surface area contributed by atoms with Crippen molar-refractivity contribution in [2.24, 2.45) is 5.10 Å². The molecule has 4 nitrogen and oxygen atoms in total. The molecule has 0 aliphatic carbocycles. The van der Waals surface area contributed by atoms with Crippen LogP contribution in [-0.4, -0.2) is 17.7 Å². The molecule has 3 unspecified atom stereocenters. The van der Waals surface area contributed by atoms with Crippen molar-refractivity contribution in [3.63, 3.8) is 0 Å². The van der Waals surface area contributed by atoms with Gasteiger partial charge in [0.1, 0.15) is 6.10 Å². The number of rotatable bonds is 11.